The Bertz CT molecular complexity index is 1270. The van der Waals surface area contributed by atoms with Gasteiger partial charge in [-0.3, -0.25) is 19.5 Å². The number of para-hydroxylation sites is 1. The molecule has 2 amide bonds. The van der Waals surface area contributed by atoms with Gasteiger partial charge in [0.15, 0.2) is 5.75 Å². The Kier molecular flexibility index (Phi) is 8.99. The molecule has 3 aromatic rings. The minimum atomic E-state index is -0.382. The number of carbonyl (C=O) groups excluding carboxylic acids is 2. The molecule has 8 nitrogen and oxygen atoms in total. The van der Waals surface area contributed by atoms with Gasteiger partial charge in [0, 0.05) is 48.5 Å². The first-order valence-corrected chi connectivity index (χ1v) is 13.0. The van der Waals surface area contributed by atoms with Crippen LogP contribution in [0.25, 0.3) is 0 Å². The molecule has 1 aliphatic rings. The molecule has 1 aromatic heterocycles. The maximum atomic E-state index is 13.6. The van der Waals surface area contributed by atoms with Crippen LogP contribution in [-0.4, -0.2) is 70.6 Å². The van der Waals surface area contributed by atoms with Crippen molar-refractivity contribution in [3.8, 4) is 5.75 Å². The number of hydrogen-bond acceptors (Lipinski definition) is 6. The second-order valence-corrected chi connectivity index (χ2v) is 10.2. The van der Waals surface area contributed by atoms with Crippen LogP contribution in [-0.2, 0) is 6.54 Å². The number of benzene rings is 2. The summed E-state index contributed by atoms with van der Waals surface area (Å²) in [4.78, 5) is 34.4. The molecule has 1 aliphatic heterocycles. The molecule has 0 bridgehead atoms. The highest BCUT2D eigenvalue weighted by Gasteiger charge is 2.34. The van der Waals surface area contributed by atoms with E-state index < -0.39 is 0 Å². The lowest BCUT2D eigenvalue weighted by molar-refractivity contribution is 0.0343. The van der Waals surface area contributed by atoms with Crippen LogP contribution in [0.2, 0.25) is 5.02 Å². The van der Waals surface area contributed by atoms with Gasteiger partial charge in [0.05, 0.1) is 23.9 Å². The number of hydrogen-bond donors (Lipinski definition) is 2. The van der Waals surface area contributed by atoms with Crippen molar-refractivity contribution in [2.24, 2.45) is 5.92 Å². The zero-order valence-electron chi connectivity index (χ0n) is 21.8. The molecule has 0 fully saturated rings. The van der Waals surface area contributed by atoms with Crippen molar-refractivity contribution in [3.63, 3.8) is 0 Å². The smallest absolute Gasteiger partial charge is 0.258 e. The number of fused-ring (bicyclic) bond motifs is 1. The summed E-state index contributed by atoms with van der Waals surface area (Å²) in [5, 5.41) is 13.5. The molecule has 4 rings (SSSR count). The van der Waals surface area contributed by atoms with E-state index in [1.807, 2.05) is 45.2 Å². The lowest BCUT2D eigenvalue weighted by Crippen LogP contribution is -2.49. The Morgan fingerprint density at radius 1 is 1.21 bits per heavy atom. The first-order chi connectivity index (χ1) is 18.3. The minimum Gasteiger partial charge on any atom is -0.486 e. The Morgan fingerprint density at radius 2 is 1.95 bits per heavy atom. The fourth-order valence-corrected chi connectivity index (χ4v) is 4.74. The number of aromatic nitrogens is 1. The van der Waals surface area contributed by atoms with Crippen LogP contribution in [0.15, 0.2) is 67.0 Å². The van der Waals surface area contributed by atoms with Gasteiger partial charge < -0.3 is 20.1 Å². The highest BCUT2D eigenvalue weighted by atomic mass is 35.5. The summed E-state index contributed by atoms with van der Waals surface area (Å²) in [5.74, 6) is -0.340. The number of aliphatic hydroxyl groups is 1. The quantitative estimate of drug-likeness (QED) is 0.445. The van der Waals surface area contributed by atoms with Crippen molar-refractivity contribution in [2.45, 2.75) is 32.5 Å². The number of nitrogens with zero attached hydrogens (tertiary/aromatic N) is 3. The third kappa shape index (κ3) is 6.32. The van der Waals surface area contributed by atoms with Crippen LogP contribution >= 0.6 is 11.6 Å². The summed E-state index contributed by atoms with van der Waals surface area (Å²) < 4.78 is 6.58. The number of halogens is 1. The molecule has 9 heteroatoms. The Morgan fingerprint density at radius 3 is 2.66 bits per heavy atom. The number of amides is 2. The molecule has 0 spiro atoms. The van der Waals surface area contributed by atoms with Gasteiger partial charge in [-0.25, -0.2) is 0 Å². The normalized spacial score (nSPS) is 18.3. The molecule has 0 saturated heterocycles. The average molecular weight is 537 g/mol. The molecule has 0 radical (unpaired) electrons. The maximum Gasteiger partial charge on any atom is 0.258 e. The number of nitrogens with one attached hydrogen (secondary N) is 1. The van der Waals surface area contributed by atoms with E-state index in [-0.39, 0.29) is 36.5 Å². The van der Waals surface area contributed by atoms with Crippen LogP contribution in [0.4, 0.5) is 5.69 Å². The summed E-state index contributed by atoms with van der Waals surface area (Å²) in [6.07, 6.45) is 2.78. The van der Waals surface area contributed by atoms with Crippen molar-refractivity contribution in [3.05, 3.63) is 88.7 Å². The van der Waals surface area contributed by atoms with Gasteiger partial charge in [0.1, 0.15) is 6.10 Å². The number of rotatable bonds is 8. The first kappa shape index (κ1) is 27.6. The van der Waals surface area contributed by atoms with Crippen LogP contribution in [0.1, 0.15) is 40.1 Å². The number of likely N-dealkylation sites (N-methyl/N-ethyl adjacent to an activating group) is 1. The summed E-state index contributed by atoms with van der Waals surface area (Å²) in [6.45, 7) is 5.27. The largest absolute Gasteiger partial charge is 0.486 e. The molecule has 2 aromatic carbocycles. The van der Waals surface area contributed by atoms with E-state index in [1.54, 1.807) is 47.6 Å². The van der Waals surface area contributed by atoms with E-state index in [1.165, 1.54) is 0 Å². The van der Waals surface area contributed by atoms with E-state index in [0.29, 0.717) is 47.2 Å². The minimum absolute atomic E-state index is 0.0706. The van der Waals surface area contributed by atoms with Gasteiger partial charge in [0.2, 0.25) is 0 Å². The molecular formula is C29H33ClN4O4. The third-order valence-electron chi connectivity index (χ3n) is 6.77. The Labute approximate surface area is 228 Å². The van der Waals surface area contributed by atoms with Crippen LogP contribution in [0, 0.1) is 5.92 Å². The summed E-state index contributed by atoms with van der Waals surface area (Å²) >= 11 is 6.39. The van der Waals surface area contributed by atoms with Crippen molar-refractivity contribution in [1.82, 2.24) is 14.8 Å². The number of aliphatic hydroxyl groups excluding tert-OH is 1. The fraction of sp³-hybridized carbons (Fsp3) is 0.345. The van der Waals surface area contributed by atoms with Crippen molar-refractivity contribution in [1.29, 1.82) is 0 Å². The van der Waals surface area contributed by atoms with Gasteiger partial charge in [-0.05, 0) is 49.9 Å². The molecule has 200 valence electrons. The molecule has 3 atom stereocenters. The Balaban J connectivity index is 1.67. The number of carbonyl (C=O) groups is 2. The second kappa shape index (κ2) is 12.4. The lowest BCUT2D eigenvalue weighted by Gasteiger charge is -2.38. The summed E-state index contributed by atoms with van der Waals surface area (Å²) in [6, 6.07) is 15.7. The first-order valence-electron chi connectivity index (χ1n) is 12.6. The van der Waals surface area contributed by atoms with Gasteiger partial charge >= 0.3 is 0 Å². The maximum absolute atomic E-state index is 13.6. The van der Waals surface area contributed by atoms with Crippen molar-refractivity contribution >= 4 is 29.1 Å². The zero-order chi connectivity index (χ0) is 27.2. The van der Waals surface area contributed by atoms with Crippen molar-refractivity contribution < 1.29 is 19.4 Å². The van der Waals surface area contributed by atoms with E-state index in [2.05, 4.69) is 15.2 Å². The number of ether oxygens (including phenoxy) is 1. The summed E-state index contributed by atoms with van der Waals surface area (Å²) in [5.41, 5.74) is 2.19. The van der Waals surface area contributed by atoms with Crippen LogP contribution in [0.3, 0.4) is 0 Å². The highest BCUT2D eigenvalue weighted by Crippen LogP contribution is 2.35. The highest BCUT2D eigenvalue weighted by molar-refractivity contribution is 6.31. The van der Waals surface area contributed by atoms with Gasteiger partial charge in [-0.1, -0.05) is 42.8 Å². The SMILES string of the molecule is C[C@@H]1CN([C@@H](C)CO)C(=O)c2cccc(NC(=O)c3ccncc3)c2O[C@H]1CN(C)Cc1ccccc1Cl. The topological polar surface area (TPSA) is 95.0 Å². The van der Waals surface area contributed by atoms with Gasteiger partial charge in [-0.2, -0.15) is 0 Å². The van der Waals surface area contributed by atoms with Gasteiger partial charge in [0.25, 0.3) is 11.8 Å². The van der Waals surface area contributed by atoms with Crippen LogP contribution in [0.5, 0.6) is 5.75 Å². The standard InChI is InChI=1S/C29H33ClN4O4/c1-19-15-34(20(2)18-35)29(37)23-8-6-10-25(32-28(36)21-11-13-31-14-12-21)27(23)38-26(19)17-33(3)16-22-7-4-5-9-24(22)30/h4-14,19-20,26,35H,15-18H2,1-3H3,(H,32,36)/t19-,20+,26+/m1/s1. The van der Waals surface area contributed by atoms with Crippen molar-refractivity contribution in [2.75, 3.05) is 32.1 Å². The monoisotopic (exact) mass is 536 g/mol. The predicted molar refractivity (Wildman–Crippen MR) is 148 cm³/mol. The van der Waals surface area contributed by atoms with E-state index in [0.717, 1.165) is 5.56 Å². The molecule has 0 aliphatic carbocycles. The zero-order valence-corrected chi connectivity index (χ0v) is 22.6. The van der Waals surface area contributed by atoms with E-state index in [4.69, 9.17) is 16.3 Å². The van der Waals surface area contributed by atoms with Crippen LogP contribution < -0.4 is 10.1 Å². The molecule has 2 heterocycles. The third-order valence-corrected chi connectivity index (χ3v) is 7.14. The Hall–Kier alpha value is -3.46. The van der Waals surface area contributed by atoms with E-state index >= 15 is 0 Å². The second-order valence-electron chi connectivity index (χ2n) is 9.78. The number of pyridine rings is 1. The van der Waals surface area contributed by atoms with Gasteiger partial charge in [-0.15, -0.1) is 0 Å². The van der Waals surface area contributed by atoms with E-state index in [9.17, 15) is 14.7 Å². The predicted octanol–water partition coefficient (Wildman–Crippen LogP) is 4.34. The lowest BCUT2D eigenvalue weighted by atomic mass is 9.98. The number of anilines is 1. The molecule has 0 saturated carbocycles. The average Bonchev–Trinajstić information content (AvgIpc) is 2.92. The fourth-order valence-electron chi connectivity index (χ4n) is 4.55. The molecule has 38 heavy (non-hydrogen) atoms. The molecule has 2 N–H and O–H groups in total. The molecule has 0 unspecified atom stereocenters. The molecular weight excluding hydrogens is 504 g/mol. The summed E-state index contributed by atoms with van der Waals surface area (Å²) in [7, 11) is 2.00.